The normalized spacial score (nSPS) is 10.2. The van der Waals surface area contributed by atoms with E-state index in [0.717, 1.165) is 17.2 Å². The number of ketones is 1. The smallest absolute Gasteiger partial charge is 0.338 e. The van der Waals surface area contributed by atoms with E-state index in [9.17, 15) is 19.7 Å². The molecule has 3 aromatic carbocycles. The van der Waals surface area contributed by atoms with E-state index in [1.807, 2.05) is 42.5 Å². The molecule has 0 aliphatic rings. The lowest BCUT2D eigenvalue weighted by atomic mass is 10.0. The van der Waals surface area contributed by atoms with Crippen LogP contribution >= 0.6 is 0 Å². The van der Waals surface area contributed by atoms with Crippen LogP contribution in [0.1, 0.15) is 20.7 Å². The predicted octanol–water partition coefficient (Wildman–Crippen LogP) is 4.30. The fourth-order valence-corrected chi connectivity index (χ4v) is 2.52. The van der Waals surface area contributed by atoms with Crippen LogP contribution in [-0.4, -0.2) is 23.3 Å². The number of non-ortho nitro benzene ring substituents is 1. The van der Waals surface area contributed by atoms with Crippen LogP contribution in [0.2, 0.25) is 0 Å². The van der Waals surface area contributed by atoms with Crippen LogP contribution < -0.4 is 0 Å². The molecule has 6 nitrogen and oxygen atoms in total. The second kappa shape index (κ2) is 8.05. The Morgan fingerprint density at radius 3 is 2.15 bits per heavy atom. The maximum absolute atomic E-state index is 12.2. The van der Waals surface area contributed by atoms with E-state index in [1.54, 1.807) is 12.1 Å². The van der Waals surface area contributed by atoms with E-state index < -0.39 is 17.5 Å². The number of esters is 1. The number of hydrogen-bond acceptors (Lipinski definition) is 5. The number of benzene rings is 3. The number of Topliss-reactive ketones (excluding diaryl/α,β-unsaturated/α-hetero) is 1. The molecule has 6 heteroatoms. The number of nitro groups is 1. The summed E-state index contributed by atoms with van der Waals surface area (Å²) in [5.41, 5.74) is 2.24. The third-order valence-corrected chi connectivity index (χ3v) is 3.94. The van der Waals surface area contributed by atoms with Crippen LogP contribution in [0.15, 0.2) is 78.9 Å². The number of carbonyl (C=O) groups is 2. The minimum Gasteiger partial charge on any atom is -0.454 e. The zero-order valence-corrected chi connectivity index (χ0v) is 14.2. The van der Waals surface area contributed by atoms with Crippen molar-refractivity contribution in [1.29, 1.82) is 0 Å². The molecule has 0 unspecified atom stereocenters. The highest BCUT2D eigenvalue weighted by Gasteiger charge is 2.15. The molecule has 0 aromatic heterocycles. The Morgan fingerprint density at radius 2 is 1.48 bits per heavy atom. The van der Waals surface area contributed by atoms with Crippen molar-refractivity contribution in [3.05, 3.63) is 100 Å². The molecular formula is C21H15NO5. The summed E-state index contributed by atoms with van der Waals surface area (Å²) in [5.74, 6) is -1.14. The largest absolute Gasteiger partial charge is 0.454 e. The molecule has 0 N–H and O–H groups in total. The van der Waals surface area contributed by atoms with Crippen molar-refractivity contribution in [2.45, 2.75) is 0 Å². The Labute approximate surface area is 155 Å². The van der Waals surface area contributed by atoms with Gasteiger partial charge in [-0.15, -0.1) is 0 Å². The number of rotatable bonds is 6. The fraction of sp³-hybridized carbons (Fsp3) is 0.0476. The Hall–Kier alpha value is -3.80. The topological polar surface area (TPSA) is 86.5 Å². The molecule has 0 fully saturated rings. The van der Waals surface area contributed by atoms with E-state index in [4.69, 9.17) is 4.74 Å². The van der Waals surface area contributed by atoms with Crippen molar-refractivity contribution in [3.8, 4) is 11.1 Å². The van der Waals surface area contributed by atoms with Crippen molar-refractivity contribution in [2.24, 2.45) is 0 Å². The van der Waals surface area contributed by atoms with Crippen molar-refractivity contribution >= 4 is 17.4 Å². The summed E-state index contributed by atoms with van der Waals surface area (Å²) in [6.07, 6.45) is 0. The Balaban J connectivity index is 1.63. The van der Waals surface area contributed by atoms with Crippen LogP contribution in [0.5, 0.6) is 0 Å². The second-order valence-corrected chi connectivity index (χ2v) is 5.75. The number of nitro benzene ring substituents is 1. The molecule has 3 aromatic rings. The van der Waals surface area contributed by atoms with Gasteiger partial charge in [0.15, 0.2) is 12.4 Å². The summed E-state index contributed by atoms with van der Waals surface area (Å²) < 4.78 is 4.98. The molecule has 27 heavy (non-hydrogen) atoms. The molecule has 0 saturated carbocycles. The molecule has 0 aliphatic heterocycles. The van der Waals surface area contributed by atoms with Gasteiger partial charge in [-0.25, -0.2) is 4.79 Å². The maximum atomic E-state index is 12.2. The van der Waals surface area contributed by atoms with Crippen LogP contribution in [-0.2, 0) is 4.74 Å². The highest BCUT2D eigenvalue weighted by molar-refractivity contribution is 5.99. The molecule has 0 saturated heterocycles. The highest BCUT2D eigenvalue weighted by Crippen LogP contribution is 2.19. The summed E-state index contributed by atoms with van der Waals surface area (Å²) in [6, 6.07) is 21.9. The quantitative estimate of drug-likeness (QED) is 0.283. The minimum atomic E-state index is -0.784. The Morgan fingerprint density at radius 1 is 0.815 bits per heavy atom. The number of hydrogen-bond donors (Lipinski definition) is 0. The summed E-state index contributed by atoms with van der Waals surface area (Å²) in [5, 5.41) is 10.8. The van der Waals surface area contributed by atoms with E-state index >= 15 is 0 Å². The molecule has 0 bridgehead atoms. The monoisotopic (exact) mass is 361 g/mol. The summed E-state index contributed by atoms with van der Waals surface area (Å²) in [7, 11) is 0. The lowest BCUT2D eigenvalue weighted by molar-refractivity contribution is -0.384. The van der Waals surface area contributed by atoms with Gasteiger partial charge in [0.1, 0.15) is 0 Å². The first kappa shape index (κ1) is 18.0. The van der Waals surface area contributed by atoms with Crippen molar-refractivity contribution in [3.63, 3.8) is 0 Å². The SMILES string of the molecule is O=C(COC(=O)c1cccc([N+](=O)[O-])c1)c1ccc(-c2ccccc2)cc1. The fourth-order valence-electron chi connectivity index (χ4n) is 2.52. The molecule has 0 amide bonds. The zero-order valence-electron chi connectivity index (χ0n) is 14.2. The molecular weight excluding hydrogens is 346 g/mol. The van der Waals surface area contributed by atoms with Gasteiger partial charge in [-0.05, 0) is 17.2 Å². The molecule has 134 valence electrons. The third kappa shape index (κ3) is 4.43. The first-order valence-electron chi connectivity index (χ1n) is 8.15. The van der Waals surface area contributed by atoms with E-state index in [-0.39, 0.29) is 17.0 Å². The van der Waals surface area contributed by atoms with Gasteiger partial charge in [-0.3, -0.25) is 14.9 Å². The summed E-state index contributed by atoms with van der Waals surface area (Å²) >= 11 is 0. The highest BCUT2D eigenvalue weighted by atomic mass is 16.6. The van der Waals surface area contributed by atoms with Gasteiger partial charge >= 0.3 is 5.97 Å². The first-order chi connectivity index (χ1) is 13.0. The first-order valence-corrected chi connectivity index (χ1v) is 8.15. The molecule has 0 radical (unpaired) electrons. The van der Waals surface area contributed by atoms with Gasteiger partial charge < -0.3 is 4.74 Å². The number of carbonyl (C=O) groups excluding carboxylic acids is 2. The van der Waals surface area contributed by atoms with Gasteiger partial charge in [-0.1, -0.05) is 60.7 Å². The summed E-state index contributed by atoms with van der Waals surface area (Å²) in [6.45, 7) is -0.438. The number of ether oxygens (including phenoxy) is 1. The van der Waals surface area contributed by atoms with Crippen molar-refractivity contribution in [1.82, 2.24) is 0 Å². The van der Waals surface area contributed by atoms with Gasteiger partial charge in [0.25, 0.3) is 5.69 Å². The Bertz CT molecular complexity index is 981. The minimum absolute atomic E-state index is 0.0245. The number of nitrogens with zero attached hydrogens (tertiary/aromatic N) is 1. The van der Waals surface area contributed by atoms with Gasteiger partial charge in [0.2, 0.25) is 0 Å². The standard InChI is InChI=1S/C21H15NO5/c23-20(14-27-21(24)18-7-4-8-19(13-18)22(25)26)17-11-9-16(10-12-17)15-5-2-1-3-6-15/h1-13H,14H2. The van der Waals surface area contributed by atoms with Crippen molar-refractivity contribution < 1.29 is 19.2 Å². The Kier molecular flexibility index (Phi) is 5.37. The molecule has 0 atom stereocenters. The van der Waals surface area contributed by atoms with Crippen LogP contribution in [0.3, 0.4) is 0 Å². The lowest BCUT2D eigenvalue weighted by Crippen LogP contribution is -2.14. The molecule has 0 spiro atoms. The van der Waals surface area contributed by atoms with Gasteiger partial charge in [0, 0.05) is 17.7 Å². The van der Waals surface area contributed by atoms with Crippen molar-refractivity contribution in [2.75, 3.05) is 6.61 Å². The molecule has 0 heterocycles. The maximum Gasteiger partial charge on any atom is 0.338 e. The van der Waals surface area contributed by atoms with Gasteiger partial charge in [-0.2, -0.15) is 0 Å². The second-order valence-electron chi connectivity index (χ2n) is 5.75. The molecule has 0 aliphatic carbocycles. The predicted molar refractivity (Wildman–Crippen MR) is 99.6 cm³/mol. The molecule has 3 rings (SSSR count). The zero-order chi connectivity index (χ0) is 19.2. The van der Waals surface area contributed by atoms with Crippen LogP contribution in [0.25, 0.3) is 11.1 Å². The van der Waals surface area contributed by atoms with Crippen LogP contribution in [0, 0.1) is 10.1 Å². The van der Waals surface area contributed by atoms with Crippen LogP contribution in [0.4, 0.5) is 5.69 Å². The average molecular weight is 361 g/mol. The third-order valence-electron chi connectivity index (χ3n) is 3.94. The van der Waals surface area contributed by atoms with E-state index in [0.29, 0.717) is 5.56 Å². The van der Waals surface area contributed by atoms with E-state index in [2.05, 4.69) is 0 Å². The van der Waals surface area contributed by atoms with E-state index in [1.165, 1.54) is 18.2 Å². The van der Waals surface area contributed by atoms with Gasteiger partial charge in [0.05, 0.1) is 10.5 Å². The average Bonchev–Trinajstić information content (AvgIpc) is 2.72. The lowest BCUT2D eigenvalue weighted by Gasteiger charge is -2.06. The summed E-state index contributed by atoms with van der Waals surface area (Å²) in [4.78, 5) is 34.4.